The minimum Gasteiger partial charge on any atom is -0.497 e. The summed E-state index contributed by atoms with van der Waals surface area (Å²) in [6.45, 7) is -0.276. The third kappa shape index (κ3) is 5.99. The van der Waals surface area contributed by atoms with Crippen molar-refractivity contribution in [1.29, 1.82) is 0 Å². The molecule has 1 aliphatic rings. The van der Waals surface area contributed by atoms with Crippen molar-refractivity contribution < 1.29 is 27.4 Å². The van der Waals surface area contributed by atoms with Crippen molar-refractivity contribution in [3.8, 4) is 17.2 Å². The van der Waals surface area contributed by atoms with Gasteiger partial charge in [-0.1, -0.05) is 30.3 Å². The molecule has 4 rings (SSSR count). The van der Waals surface area contributed by atoms with Gasteiger partial charge in [-0.15, -0.1) is 0 Å². The van der Waals surface area contributed by atoms with Crippen molar-refractivity contribution in [2.24, 2.45) is 5.10 Å². The van der Waals surface area contributed by atoms with E-state index in [1.807, 2.05) is 6.07 Å². The maximum atomic E-state index is 13.4. The lowest BCUT2D eigenvalue weighted by Crippen LogP contribution is -2.39. The number of hydrazone groups is 1. The number of nitrogens with one attached hydrogen (secondary N) is 1. The molecule has 1 amide bonds. The Morgan fingerprint density at radius 3 is 2.49 bits per heavy atom. The highest BCUT2D eigenvalue weighted by atomic mass is 79.9. The third-order valence-corrected chi connectivity index (χ3v) is 7.60. The fraction of sp³-hybridized carbons (Fsp3) is 0.167. The summed E-state index contributed by atoms with van der Waals surface area (Å²) in [5, 5.41) is 3.98. The molecule has 0 aromatic heterocycles. The van der Waals surface area contributed by atoms with Crippen LogP contribution < -0.4 is 19.6 Å². The number of hydrogen-bond donors (Lipinski definition) is 1. The molecule has 0 aliphatic carbocycles. The van der Waals surface area contributed by atoms with Crippen molar-refractivity contribution in [3.05, 3.63) is 82.3 Å². The van der Waals surface area contributed by atoms with Crippen LogP contribution in [0, 0.1) is 0 Å². The summed E-state index contributed by atoms with van der Waals surface area (Å²) in [4.78, 5) is 12.7. The molecule has 1 N–H and O–H groups in total. The summed E-state index contributed by atoms with van der Waals surface area (Å²) in [7, 11) is -2.48. The fourth-order valence-corrected chi connectivity index (χ4v) is 5.12. The molecule has 9 nitrogen and oxygen atoms in total. The van der Waals surface area contributed by atoms with Crippen molar-refractivity contribution in [1.82, 2.24) is 9.73 Å². The van der Waals surface area contributed by atoms with Crippen LogP contribution in [0.1, 0.15) is 11.1 Å². The molecule has 0 saturated heterocycles. The highest BCUT2D eigenvalue weighted by molar-refractivity contribution is 9.10. The molecule has 11 heteroatoms. The molecular weight excluding hydrogens is 538 g/mol. The van der Waals surface area contributed by atoms with Gasteiger partial charge in [-0.25, -0.2) is 13.8 Å². The van der Waals surface area contributed by atoms with Crippen LogP contribution in [0.5, 0.6) is 17.2 Å². The second-order valence-corrected chi connectivity index (χ2v) is 10.2. The van der Waals surface area contributed by atoms with Gasteiger partial charge >= 0.3 is 0 Å². The number of amides is 1. The van der Waals surface area contributed by atoms with E-state index < -0.39 is 22.5 Å². The van der Waals surface area contributed by atoms with Crippen LogP contribution in [0.3, 0.4) is 0 Å². The van der Waals surface area contributed by atoms with Crippen LogP contribution >= 0.6 is 15.9 Å². The van der Waals surface area contributed by atoms with Crippen LogP contribution in [0.15, 0.2) is 81.2 Å². The minimum absolute atomic E-state index is 0.0139. The number of carbonyl (C=O) groups excluding carboxylic acids is 1. The van der Waals surface area contributed by atoms with Crippen molar-refractivity contribution in [2.45, 2.75) is 11.4 Å². The molecule has 0 atom stereocenters. The molecule has 3 aromatic carbocycles. The number of ether oxygens (including phenoxy) is 3. The van der Waals surface area contributed by atoms with Gasteiger partial charge in [0, 0.05) is 16.6 Å². The highest BCUT2D eigenvalue weighted by Crippen LogP contribution is 2.36. The zero-order valence-corrected chi connectivity index (χ0v) is 21.1. The molecule has 0 saturated carbocycles. The number of rotatable bonds is 9. The van der Waals surface area contributed by atoms with Crippen LogP contribution in [-0.2, 0) is 21.4 Å². The van der Waals surface area contributed by atoms with Crippen molar-refractivity contribution in [2.75, 3.05) is 20.4 Å². The Kier molecular flexibility index (Phi) is 7.69. The first-order valence-electron chi connectivity index (χ1n) is 10.5. The van der Waals surface area contributed by atoms with Gasteiger partial charge in [0.1, 0.15) is 5.75 Å². The van der Waals surface area contributed by atoms with E-state index in [2.05, 4.69) is 26.5 Å². The molecule has 0 spiro atoms. The molecule has 35 heavy (non-hydrogen) atoms. The largest absolute Gasteiger partial charge is 0.497 e. The standard InChI is InChI=1S/C24H22BrN3O6S/c1-32-19-7-9-20(10-8-19)35(30,31)28(14-17-5-3-2-4-6-17)15-24(29)27-26-13-18-11-22-23(12-21(18)25)34-16-33-22/h2-13H,14-16H2,1H3,(H,27,29). The predicted octanol–water partition coefficient (Wildman–Crippen LogP) is 3.53. The van der Waals surface area contributed by atoms with Gasteiger partial charge in [0.2, 0.25) is 16.8 Å². The second-order valence-electron chi connectivity index (χ2n) is 7.45. The molecule has 0 fully saturated rings. The van der Waals surface area contributed by atoms with E-state index in [0.29, 0.717) is 27.3 Å². The van der Waals surface area contributed by atoms with Gasteiger partial charge in [0.15, 0.2) is 11.5 Å². The average Bonchev–Trinajstić information content (AvgIpc) is 3.31. The number of fused-ring (bicyclic) bond motifs is 1. The fourth-order valence-electron chi connectivity index (χ4n) is 3.31. The Morgan fingerprint density at radius 1 is 1.11 bits per heavy atom. The van der Waals surface area contributed by atoms with Crippen LogP contribution in [-0.4, -0.2) is 45.3 Å². The monoisotopic (exact) mass is 559 g/mol. The molecule has 0 bridgehead atoms. The number of carbonyl (C=O) groups is 1. The summed E-state index contributed by atoms with van der Waals surface area (Å²) in [5.41, 5.74) is 3.79. The molecule has 3 aromatic rings. The molecule has 1 heterocycles. The molecule has 1 aliphatic heterocycles. The highest BCUT2D eigenvalue weighted by Gasteiger charge is 2.27. The number of nitrogens with zero attached hydrogens (tertiary/aromatic N) is 2. The van der Waals surface area contributed by atoms with Crippen LogP contribution in [0.25, 0.3) is 0 Å². The topological polar surface area (TPSA) is 107 Å². The van der Waals surface area contributed by atoms with E-state index >= 15 is 0 Å². The Bertz CT molecular complexity index is 1330. The van der Waals surface area contributed by atoms with Gasteiger partial charge in [0.25, 0.3) is 5.91 Å². The summed E-state index contributed by atoms with van der Waals surface area (Å²) in [5.74, 6) is 1.12. The average molecular weight is 560 g/mol. The van der Waals surface area contributed by atoms with Crippen molar-refractivity contribution >= 4 is 38.1 Å². The van der Waals surface area contributed by atoms with Gasteiger partial charge in [-0.05, 0) is 57.9 Å². The second kappa shape index (κ2) is 10.9. The zero-order valence-electron chi connectivity index (χ0n) is 18.7. The first kappa shape index (κ1) is 24.7. The van der Waals surface area contributed by atoms with Crippen LogP contribution in [0.2, 0.25) is 0 Å². The van der Waals surface area contributed by atoms with Gasteiger partial charge < -0.3 is 14.2 Å². The zero-order chi connectivity index (χ0) is 24.8. The predicted molar refractivity (Wildman–Crippen MR) is 133 cm³/mol. The summed E-state index contributed by atoms with van der Waals surface area (Å²) in [6, 6.07) is 18.5. The maximum Gasteiger partial charge on any atom is 0.255 e. The quantitative estimate of drug-likeness (QED) is 0.317. The first-order valence-corrected chi connectivity index (χ1v) is 12.7. The van der Waals surface area contributed by atoms with Crippen molar-refractivity contribution in [3.63, 3.8) is 0 Å². The van der Waals surface area contributed by atoms with Gasteiger partial charge in [0.05, 0.1) is 24.8 Å². The first-order chi connectivity index (χ1) is 16.9. The maximum absolute atomic E-state index is 13.4. The van der Waals surface area contributed by atoms with E-state index in [1.54, 1.807) is 48.5 Å². The van der Waals surface area contributed by atoms with Crippen LogP contribution in [0.4, 0.5) is 0 Å². The Hall–Kier alpha value is -3.41. The SMILES string of the molecule is COc1ccc(S(=O)(=O)N(CC(=O)NN=Cc2cc3c(cc2Br)OCO3)Cc2ccccc2)cc1. The van der Waals surface area contributed by atoms with E-state index in [4.69, 9.17) is 14.2 Å². The number of halogens is 1. The van der Waals surface area contributed by atoms with E-state index in [0.717, 1.165) is 9.87 Å². The molecule has 0 radical (unpaired) electrons. The number of benzene rings is 3. The normalized spacial score (nSPS) is 12.8. The number of sulfonamides is 1. The lowest BCUT2D eigenvalue weighted by Gasteiger charge is -2.21. The van der Waals surface area contributed by atoms with E-state index in [9.17, 15) is 13.2 Å². The molecular formula is C24H22BrN3O6S. The smallest absolute Gasteiger partial charge is 0.255 e. The summed E-state index contributed by atoms with van der Waals surface area (Å²) < 4.78 is 44.3. The Morgan fingerprint density at radius 2 is 1.80 bits per heavy atom. The number of methoxy groups -OCH3 is 1. The molecule has 0 unspecified atom stereocenters. The van der Waals surface area contributed by atoms with Gasteiger partial charge in [-0.3, -0.25) is 4.79 Å². The molecule has 182 valence electrons. The van der Waals surface area contributed by atoms with Gasteiger partial charge in [-0.2, -0.15) is 9.41 Å². The Labute approximate surface area is 211 Å². The summed E-state index contributed by atoms with van der Waals surface area (Å²) >= 11 is 3.42. The third-order valence-electron chi connectivity index (χ3n) is 5.10. The lowest BCUT2D eigenvalue weighted by atomic mass is 10.2. The number of hydrogen-bond acceptors (Lipinski definition) is 7. The summed E-state index contributed by atoms with van der Waals surface area (Å²) in [6.07, 6.45) is 1.43. The lowest BCUT2D eigenvalue weighted by molar-refractivity contribution is -0.121. The Balaban J connectivity index is 1.50. The van der Waals surface area contributed by atoms with E-state index in [-0.39, 0.29) is 18.2 Å². The minimum atomic E-state index is -3.98. The van der Waals surface area contributed by atoms with E-state index in [1.165, 1.54) is 25.5 Å².